The Hall–Kier alpha value is -18.8. The molecular formula is C133H81F2N7O2S3. The molecule has 0 unspecified atom stereocenters. The third kappa shape index (κ3) is 14.9. The van der Waals surface area contributed by atoms with E-state index in [1.165, 1.54) is 91.2 Å². The molecule has 0 bridgehead atoms. The summed E-state index contributed by atoms with van der Waals surface area (Å²) < 4.78 is 51.4. The Kier molecular flexibility index (Phi) is 20.8. The van der Waals surface area contributed by atoms with Gasteiger partial charge in [-0.15, -0.1) is 34.0 Å². The molecule has 5 heterocycles. The molecule has 23 aromatic carbocycles. The highest BCUT2D eigenvalue weighted by atomic mass is 32.1. The molecule has 0 atom stereocenters. The topological polar surface area (TPSA) is 69.5 Å². The standard InChI is InChI=1S/C69H40F2N4O2S.C64H41N3S2/c70-60-15-5-7-17-62(60)75(63-18-8-6-16-61(63)71)49-27-32-59-58-31-26-48(39-68(58)78-69(59)40-49)73(45-23-28-53-44(35-45)22-21-43-11-1-2-12-52(43)53)50-33-42(41-72)34-51(36-50)74(46-24-29-56-54-13-3-9-19-64(54)76-66(56)37-46)47-25-30-57-55-14-4-10-20-65(55)77-67(57)38-47;1-4-16-42(17-5-1)65(47-30-33-53-52-26-12-13-29-60(52)68-61(53)39-47)45-22-14-23-46(38-45)66(43-18-6-2-7-19-43)48-31-34-54-55-35-32-49(41-63(55)69-62(54)40-48)67(44-20-8-3-9-21-44)59-37-36-57-51-25-11-10-24-50(51)56-27-15-28-58(59)64(56)57/h1-40H;1-41H. The van der Waals surface area contributed by atoms with Crippen LogP contribution in [0.2, 0.25) is 0 Å². The van der Waals surface area contributed by atoms with Gasteiger partial charge < -0.3 is 38.2 Å². The molecule has 0 amide bonds. The van der Waals surface area contributed by atoms with Gasteiger partial charge in [0.15, 0.2) is 0 Å². The normalized spacial score (nSPS) is 11.7. The first-order chi connectivity index (χ1) is 72.6. The number of rotatable bonds is 18. The highest BCUT2D eigenvalue weighted by molar-refractivity contribution is 7.26. The lowest BCUT2D eigenvalue weighted by Crippen LogP contribution is -2.14. The van der Waals surface area contributed by atoms with Crippen molar-refractivity contribution in [1.29, 1.82) is 5.26 Å². The second-order valence-corrected chi connectivity index (χ2v) is 40.4. The van der Waals surface area contributed by atoms with Gasteiger partial charge in [-0.3, -0.25) is 0 Å². The average molecular weight is 1940 g/mol. The van der Waals surface area contributed by atoms with Gasteiger partial charge in [0.1, 0.15) is 34.0 Å². The van der Waals surface area contributed by atoms with E-state index in [-0.39, 0.29) is 11.4 Å². The van der Waals surface area contributed by atoms with Gasteiger partial charge in [0.05, 0.1) is 28.7 Å². The first-order valence-corrected chi connectivity index (χ1v) is 51.4. The summed E-state index contributed by atoms with van der Waals surface area (Å²) >= 11 is 5.33. The molecule has 692 valence electrons. The highest BCUT2D eigenvalue weighted by Crippen LogP contribution is 2.55. The number of hydrogen-bond donors (Lipinski definition) is 0. The van der Waals surface area contributed by atoms with E-state index in [0.29, 0.717) is 11.3 Å². The number of hydrogen-bond acceptors (Lipinski definition) is 12. The third-order valence-electron chi connectivity index (χ3n) is 28.7. The van der Waals surface area contributed by atoms with Crippen molar-refractivity contribution in [1.82, 2.24) is 0 Å². The number of halogens is 2. The minimum absolute atomic E-state index is 0.243. The zero-order valence-electron chi connectivity index (χ0n) is 78.7. The Morgan fingerprint density at radius 3 is 1.01 bits per heavy atom. The van der Waals surface area contributed by atoms with Crippen LogP contribution in [0.4, 0.5) is 111 Å². The summed E-state index contributed by atoms with van der Waals surface area (Å²) in [6.45, 7) is 0. The van der Waals surface area contributed by atoms with Gasteiger partial charge in [-0.05, 0) is 268 Å². The van der Waals surface area contributed by atoms with Crippen LogP contribution in [0, 0.1) is 23.0 Å². The van der Waals surface area contributed by atoms with Gasteiger partial charge in [0.2, 0.25) is 0 Å². The lowest BCUT2D eigenvalue weighted by atomic mass is 10.00. The van der Waals surface area contributed by atoms with E-state index >= 15 is 8.78 Å². The van der Waals surface area contributed by atoms with E-state index in [2.05, 4.69) is 407 Å². The number of thiophene rings is 3. The molecule has 147 heavy (non-hydrogen) atoms. The van der Waals surface area contributed by atoms with Crippen molar-refractivity contribution < 1.29 is 17.6 Å². The van der Waals surface area contributed by atoms with Crippen molar-refractivity contribution in [2.24, 2.45) is 0 Å². The smallest absolute Gasteiger partial charge is 0.147 e. The van der Waals surface area contributed by atoms with Crippen molar-refractivity contribution in [2.75, 3.05) is 29.4 Å². The second-order valence-electron chi connectivity index (χ2n) is 37.2. The summed E-state index contributed by atoms with van der Waals surface area (Å²) in [5.41, 5.74) is 24.8. The molecule has 5 aromatic heterocycles. The zero-order chi connectivity index (χ0) is 97.4. The van der Waals surface area contributed by atoms with Crippen molar-refractivity contribution >= 4 is 273 Å². The monoisotopic (exact) mass is 1940 g/mol. The van der Waals surface area contributed by atoms with Crippen LogP contribution in [-0.2, 0) is 0 Å². The molecule has 28 aromatic rings. The first kappa shape index (κ1) is 86.2. The summed E-state index contributed by atoms with van der Waals surface area (Å²) in [4.78, 5) is 13.2. The Bertz CT molecular complexity index is 10000. The number of para-hydroxylation sites is 7. The maximum atomic E-state index is 15.7. The Morgan fingerprint density at radius 1 is 0.184 bits per heavy atom. The van der Waals surface area contributed by atoms with E-state index in [0.717, 1.165) is 165 Å². The van der Waals surface area contributed by atoms with Gasteiger partial charge in [0.25, 0.3) is 0 Å². The lowest BCUT2D eigenvalue weighted by Gasteiger charge is -2.30. The number of fused-ring (bicyclic) bond motifs is 21. The van der Waals surface area contributed by atoms with Crippen molar-refractivity contribution in [3.63, 3.8) is 0 Å². The molecule has 0 saturated heterocycles. The van der Waals surface area contributed by atoms with Crippen molar-refractivity contribution in [3.8, 4) is 28.3 Å². The van der Waals surface area contributed by atoms with Gasteiger partial charge in [-0.1, -0.05) is 261 Å². The van der Waals surface area contributed by atoms with Crippen LogP contribution in [0.15, 0.2) is 500 Å². The van der Waals surface area contributed by atoms with Crippen LogP contribution in [0.5, 0.6) is 0 Å². The minimum atomic E-state index is -0.463. The molecule has 0 fully saturated rings. The van der Waals surface area contributed by atoms with E-state index in [4.69, 9.17) is 8.83 Å². The molecule has 1 aliphatic carbocycles. The molecule has 14 heteroatoms. The largest absolute Gasteiger partial charge is 0.456 e. The van der Waals surface area contributed by atoms with Gasteiger partial charge in [-0.2, -0.15) is 5.26 Å². The summed E-state index contributed by atoms with van der Waals surface area (Å²) in [7, 11) is 0. The SMILES string of the molecule is N#Cc1cc(N(c2ccc3c(c2)oc2ccccc23)c2ccc3c(c2)oc2ccccc23)cc(N(c2ccc3c(ccc4ccccc43)c2)c2ccc3c(c2)sc2cc(N(c4ccccc4F)c4ccccc4F)ccc23)c1.c1ccc(N(c2cccc(N(c3ccccc3)c3ccc4c(c3)sc3cc(N(c5ccccc5)c5ccc6c7c(cccc57)-c5ccccc5-6)ccc34)c2)c2ccc3c(c2)sc2ccccc23)cc1. The molecule has 29 rings (SSSR count). The summed E-state index contributed by atoms with van der Waals surface area (Å²) in [6, 6.07) is 173. The van der Waals surface area contributed by atoms with Gasteiger partial charge >= 0.3 is 0 Å². The van der Waals surface area contributed by atoms with Crippen LogP contribution in [0.25, 0.3) is 159 Å². The first-order valence-electron chi connectivity index (χ1n) is 49.0. The van der Waals surface area contributed by atoms with Crippen LogP contribution >= 0.6 is 34.0 Å². The quantitative estimate of drug-likeness (QED) is 0.0782. The number of furan rings is 2. The predicted molar refractivity (Wildman–Crippen MR) is 616 cm³/mol. The van der Waals surface area contributed by atoms with E-state index in [1.54, 1.807) is 52.6 Å². The van der Waals surface area contributed by atoms with Crippen molar-refractivity contribution in [2.45, 2.75) is 0 Å². The number of anilines is 18. The third-order valence-corrected chi connectivity index (χ3v) is 32.0. The average Bonchev–Trinajstić information content (AvgIpc) is 1.54. The van der Waals surface area contributed by atoms with Crippen LogP contribution in [0.3, 0.4) is 0 Å². The molecule has 0 N–H and O–H groups in total. The fourth-order valence-electron chi connectivity index (χ4n) is 22.1. The number of nitriles is 1. The van der Waals surface area contributed by atoms with Crippen molar-refractivity contribution in [3.05, 3.63) is 509 Å². The Labute approximate surface area is 855 Å². The maximum Gasteiger partial charge on any atom is 0.147 e. The molecule has 0 aliphatic heterocycles. The zero-order valence-corrected chi connectivity index (χ0v) is 81.1. The number of nitrogens with zero attached hydrogens (tertiary/aromatic N) is 7. The second kappa shape index (κ2) is 35.4. The molecule has 0 saturated carbocycles. The van der Waals surface area contributed by atoms with Gasteiger partial charge in [-0.25, -0.2) is 8.78 Å². The molecule has 1 aliphatic rings. The van der Waals surface area contributed by atoms with Gasteiger partial charge in [0, 0.05) is 185 Å². The van der Waals surface area contributed by atoms with E-state index < -0.39 is 11.6 Å². The van der Waals surface area contributed by atoms with E-state index in [9.17, 15) is 5.26 Å². The maximum absolute atomic E-state index is 15.7. The van der Waals surface area contributed by atoms with Crippen LogP contribution in [-0.4, -0.2) is 0 Å². The number of benzene rings is 23. The van der Waals surface area contributed by atoms with E-state index in [1.807, 2.05) is 89.4 Å². The Morgan fingerprint density at radius 2 is 0.503 bits per heavy atom. The lowest BCUT2D eigenvalue weighted by molar-refractivity contribution is 0.619. The summed E-state index contributed by atoms with van der Waals surface area (Å²) in [5, 5.41) is 29.4. The molecule has 9 nitrogen and oxygen atoms in total. The highest BCUT2D eigenvalue weighted by Gasteiger charge is 2.30. The predicted octanol–water partition coefficient (Wildman–Crippen LogP) is 40.4. The van der Waals surface area contributed by atoms with Crippen LogP contribution < -0.4 is 29.4 Å². The van der Waals surface area contributed by atoms with Crippen LogP contribution in [0.1, 0.15) is 5.56 Å². The molecule has 0 spiro atoms. The Balaban J connectivity index is 0.000000143. The molecule has 0 radical (unpaired) electrons. The fraction of sp³-hybridized carbons (Fsp3) is 0. The molecular weight excluding hydrogens is 1860 g/mol. The minimum Gasteiger partial charge on any atom is -0.456 e. The summed E-state index contributed by atoms with van der Waals surface area (Å²) in [6.07, 6.45) is 0. The summed E-state index contributed by atoms with van der Waals surface area (Å²) in [5.74, 6) is -0.926. The fourth-order valence-corrected chi connectivity index (χ4v) is 25.5.